The van der Waals surface area contributed by atoms with E-state index in [4.69, 9.17) is 4.74 Å². The minimum atomic E-state index is -0.877. The van der Waals surface area contributed by atoms with Crippen molar-refractivity contribution in [2.45, 2.75) is 39.2 Å². The highest BCUT2D eigenvalue weighted by Crippen LogP contribution is 2.31. The lowest BCUT2D eigenvalue weighted by atomic mass is 9.85. The molecule has 0 amide bonds. The van der Waals surface area contributed by atoms with Gasteiger partial charge < -0.3 is 15.0 Å². The molecule has 43 heavy (non-hydrogen) atoms. The summed E-state index contributed by atoms with van der Waals surface area (Å²) in [6.45, 7) is 7.26. The van der Waals surface area contributed by atoms with E-state index < -0.39 is 29.1 Å². The van der Waals surface area contributed by atoms with Gasteiger partial charge in [-0.2, -0.15) is 0 Å². The average molecular weight is 601 g/mol. The predicted octanol–water partition coefficient (Wildman–Crippen LogP) is 7.84. The maximum absolute atomic E-state index is 13.4. The summed E-state index contributed by atoms with van der Waals surface area (Å²) < 4.78 is 71.8. The maximum atomic E-state index is 13.4. The first-order chi connectivity index (χ1) is 20.6. The number of hydrogen-bond acceptors (Lipinski definition) is 4. The van der Waals surface area contributed by atoms with Crippen LogP contribution in [0.2, 0.25) is 0 Å². The molecule has 0 bridgehead atoms. The van der Waals surface area contributed by atoms with E-state index in [0.717, 1.165) is 55.8 Å². The summed E-state index contributed by atoms with van der Waals surface area (Å²) >= 11 is 0. The van der Waals surface area contributed by atoms with Crippen LogP contribution in [0.5, 0.6) is 5.75 Å². The molecule has 9 heteroatoms. The molecule has 0 aliphatic heterocycles. The number of aldehydes is 1. The van der Waals surface area contributed by atoms with Crippen LogP contribution in [-0.2, 0) is 0 Å². The number of ether oxygens (including phenoxy) is 1. The molecule has 0 spiro atoms. The summed E-state index contributed by atoms with van der Waals surface area (Å²) in [4.78, 5) is 12.6. The van der Waals surface area contributed by atoms with E-state index in [1.807, 2.05) is 19.2 Å². The van der Waals surface area contributed by atoms with Gasteiger partial charge >= 0.3 is 0 Å². The van der Waals surface area contributed by atoms with E-state index >= 15 is 0 Å². The smallest absolute Gasteiger partial charge is 0.165 e. The fourth-order valence-electron chi connectivity index (χ4n) is 4.77. The SMILES string of the molecule is CCN(CC)CCOc1ccc(C=O)cc1F.CNC1C/C(=C\c2ccc(F)c(F)c2)C/C(=C/c2ccc(F)c(F)c2)C1. The van der Waals surface area contributed by atoms with Crippen molar-refractivity contribution in [2.75, 3.05) is 33.3 Å². The Hall–Kier alpha value is -3.82. The first-order valence-corrected chi connectivity index (χ1v) is 14.2. The third-order valence-electron chi connectivity index (χ3n) is 7.16. The van der Waals surface area contributed by atoms with E-state index in [1.165, 1.54) is 36.4 Å². The van der Waals surface area contributed by atoms with Crippen LogP contribution < -0.4 is 10.1 Å². The van der Waals surface area contributed by atoms with Crippen molar-refractivity contribution >= 4 is 18.4 Å². The Bertz CT molecular complexity index is 1370. The number of benzene rings is 3. The Morgan fingerprint density at radius 3 is 1.72 bits per heavy atom. The van der Waals surface area contributed by atoms with Crippen LogP contribution in [0.25, 0.3) is 12.2 Å². The van der Waals surface area contributed by atoms with Gasteiger partial charge in [-0.1, -0.05) is 49.3 Å². The van der Waals surface area contributed by atoms with Crippen molar-refractivity contribution in [3.63, 3.8) is 0 Å². The Labute approximate surface area is 249 Å². The van der Waals surface area contributed by atoms with Crippen molar-refractivity contribution in [1.29, 1.82) is 0 Å². The zero-order valence-electron chi connectivity index (χ0n) is 24.6. The standard InChI is InChI=1S/C21H19F4N.C13H18FNO2/c1-26-17-9-15(6-13-2-4-18(22)20(24)11-13)8-16(10-17)7-14-3-5-19(23)21(25)12-14;1-3-15(4-2)7-8-17-13-6-5-11(10-16)9-12(13)14/h2-7,11-12,17,26H,8-10H2,1H3;5-6,9-10H,3-4,7-8H2,1-2H3/b15-6-,16-7-;. The van der Waals surface area contributed by atoms with E-state index in [1.54, 1.807) is 6.07 Å². The number of hydrogen-bond donors (Lipinski definition) is 1. The molecule has 0 heterocycles. The molecular formula is C34H37F5N2O2. The second kappa shape index (κ2) is 16.7. The monoisotopic (exact) mass is 600 g/mol. The molecule has 0 atom stereocenters. The van der Waals surface area contributed by atoms with Gasteiger partial charge in [0, 0.05) is 18.2 Å². The molecule has 4 nitrogen and oxygen atoms in total. The molecule has 4 rings (SSSR count). The van der Waals surface area contributed by atoms with Crippen LogP contribution in [0.1, 0.15) is 54.6 Å². The van der Waals surface area contributed by atoms with Crippen molar-refractivity contribution < 1.29 is 31.5 Å². The molecule has 0 radical (unpaired) electrons. The van der Waals surface area contributed by atoms with Crippen LogP contribution in [0, 0.1) is 29.1 Å². The lowest BCUT2D eigenvalue weighted by Crippen LogP contribution is -2.29. The van der Waals surface area contributed by atoms with E-state index in [2.05, 4.69) is 24.1 Å². The Morgan fingerprint density at radius 1 is 0.767 bits per heavy atom. The third-order valence-corrected chi connectivity index (χ3v) is 7.16. The van der Waals surface area contributed by atoms with E-state index in [9.17, 15) is 26.7 Å². The van der Waals surface area contributed by atoms with Crippen molar-refractivity contribution in [2.24, 2.45) is 0 Å². The summed E-state index contributed by atoms with van der Waals surface area (Å²) in [5, 5.41) is 3.23. The number of halogens is 5. The number of nitrogens with zero attached hydrogens (tertiary/aromatic N) is 1. The highest BCUT2D eigenvalue weighted by molar-refractivity contribution is 5.75. The number of carbonyl (C=O) groups is 1. The lowest BCUT2D eigenvalue weighted by Gasteiger charge is -2.26. The summed E-state index contributed by atoms with van der Waals surface area (Å²) in [7, 11) is 1.86. The molecule has 1 aliphatic carbocycles. The number of nitrogens with one attached hydrogen (secondary N) is 1. The van der Waals surface area contributed by atoms with Crippen molar-refractivity contribution in [1.82, 2.24) is 10.2 Å². The molecule has 1 aliphatic rings. The maximum Gasteiger partial charge on any atom is 0.165 e. The molecule has 0 saturated heterocycles. The minimum Gasteiger partial charge on any atom is -0.489 e. The Kier molecular flexibility index (Phi) is 13.1. The first-order valence-electron chi connectivity index (χ1n) is 14.2. The van der Waals surface area contributed by atoms with E-state index in [0.29, 0.717) is 36.0 Å². The summed E-state index contributed by atoms with van der Waals surface area (Å²) in [5.41, 5.74) is 3.65. The van der Waals surface area contributed by atoms with Crippen LogP contribution in [-0.4, -0.2) is 50.5 Å². The predicted molar refractivity (Wildman–Crippen MR) is 160 cm³/mol. The van der Waals surface area contributed by atoms with Gasteiger partial charge in [0.25, 0.3) is 0 Å². The Morgan fingerprint density at radius 2 is 1.28 bits per heavy atom. The Balaban J connectivity index is 0.000000259. The largest absolute Gasteiger partial charge is 0.489 e. The van der Waals surface area contributed by atoms with Crippen molar-refractivity contribution in [3.8, 4) is 5.75 Å². The zero-order chi connectivity index (χ0) is 31.4. The van der Waals surface area contributed by atoms with Gasteiger partial charge in [0.1, 0.15) is 12.9 Å². The molecule has 230 valence electrons. The van der Waals surface area contributed by atoms with Gasteiger partial charge in [-0.25, -0.2) is 22.0 Å². The molecule has 0 unspecified atom stereocenters. The molecule has 3 aromatic rings. The van der Waals surface area contributed by atoms with Crippen molar-refractivity contribution in [3.05, 3.63) is 112 Å². The second-order valence-electron chi connectivity index (χ2n) is 10.2. The molecule has 1 saturated carbocycles. The van der Waals surface area contributed by atoms with Gasteiger partial charge in [0.15, 0.2) is 34.8 Å². The highest BCUT2D eigenvalue weighted by Gasteiger charge is 2.19. The normalized spacial score (nSPS) is 16.7. The van der Waals surface area contributed by atoms with Crippen LogP contribution in [0.3, 0.4) is 0 Å². The second-order valence-corrected chi connectivity index (χ2v) is 10.2. The fourth-order valence-corrected chi connectivity index (χ4v) is 4.77. The molecule has 1 fully saturated rings. The molecular weight excluding hydrogens is 563 g/mol. The van der Waals surface area contributed by atoms with Crippen LogP contribution >= 0.6 is 0 Å². The van der Waals surface area contributed by atoms with Gasteiger partial charge in [-0.15, -0.1) is 0 Å². The van der Waals surface area contributed by atoms with Gasteiger partial charge in [0.2, 0.25) is 0 Å². The number of rotatable bonds is 10. The zero-order valence-corrected chi connectivity index (χ0v) is 24.6. The van der Waals surface area contributed by atoms with Gasteiger partial charge in [0.05, 0.1) is 0 Å². The van der Waals surface area contributed by atoms with Gasteiger partial charge in [-0.3, -0.25) is 4.79 Å². The lowest BCUT2D eigenvalue weighted by molar-refractivity contribution is 0.112. The topological polar surface area (TPSA) is 41.6 Å². The quantitative estimate of drug-likeness (QED) is 0.190. The summed E-state index contributed by atoms with van der Waals surface area (Å²) in [5.74, 6) is -3.79. The average Bonchev–Trinajstić information content (AvgIpc) is 3.00. The highest BCUT2D eigenvalue weighted by atomic mass is 19.2. The van der Waals surface area contributed by atoms with Crippen LogP contribution in [0.15, 0.2) is 65.7 Å². The van der Waals surface area contributed by atoms with Gasteiger partial charge in [-0.05, 0) is 93.0 Å². The number of likely N-dealkylation sites (N-methyl/N-ethyl adjacent to an activating group) is 1. The third kappa shape index (κ3) is 10.4. The molecule has 0 aromatic heterocycles. The molecule has 3 aromatic carbocycles. The summed E-state index contributed by atoms with van der Waals surface area (Å²) in [6.07, 6.45) is 6.53. The fraction of sp³-hybridized carbons (Fsp3) is 0.324. The minimum absolute atomic E-state index is 0.192. The van der Waals surface area contributed by atoms with Crippen LogP contribution in [0.4, 0.5) is 22.0 Å². The van der Waals surface area contributed by atoms with E-state index in [-0.39, 0.29) is 11.8 Å². The first kappa shape index (κ1) is 33.7. The molecule has 1 N–H and O–H groups in total. The number of carbonyl (C=O) groups excluding carboxylic acids is 1. The summed E-state index contributed by atoms with van der Waals surface area (Å²) in [6, 6.07) is 12.0.